The Hall–Kier alpha value is -2.43. The van der Waals surface area contributed by atoms with Gasteiger partial charge in [0.25, 0.3) is 0 Å². The molecule has 0 aliphatic carbocycles. The number of aliphatic carboxylic acids is 1. The molecule has 0 unspecified atom stereocenters. The van der Waals surface area contributed by atoms with E-state index in [0.717, 1.165) is 0 Å². The molecule has 0 bridgehead atoms. The van der Waals surface area contributed by atoms with Gasteiger partial charge >= 0.3 is 11.9 Å². The van der Waals surface area contributed by atoms with Crippen LogP contribution in [-0.2, 0) is 17.1 Å². The number of benzene rings is 2. The topological polar surface area (TPSA) is 46.5 Å². The third-order valence-corrected chi connectivity index (χ3v) is 2.87. The highest BCUT2D eigenvalue weighted by molar-refractivity contribution is 5.70. The smallest absolute Gasteiger partial charge is 0.307 e. The van der Waals surface area contributed by atoms with Crippen LogP contribution in [-0.4, -0.2) is 17.7 Å². The van der Waals surface area contributed by atoms with Gasteiger partial charge in [-0.2, -0.15) is 8.78 Å². The Kier molecular flexibility index (Phi) is 4.52. The number of alkyl halides is 2. The van der Waals surface area contributed by atoms with Crippen molar-refractivity contribution in [3.8, 4) is 5.75 Å². The minimum Gasteiger partial charge on any atom is -0.487 e. The summed E-state index contributed by atoms with van der Waals surface area (Å²) in [5, 5.41) is 8.70. The minimum atomic E-state index is -3.11. The van der Waals surface area contributed by atoms with E-state index in [0.29, 0.717) is 5.56 Å². The molecule has 2 aromatic carbocycles. The highest BCUT2D eigenvalue weighted by atomic mass is 19.3. The highest BCUT2D eigenvalue weighted by Gasteiger charge is 2.32. The summed E-state index contributed by atoms with van der Waals surface area (Å²) in [5.74, 6) is -3.87. The van der Waals surface area contributed by atoms with Gasteiger partial charge in [-0.05, 0) is 17.7 Å². The van der Waals surface area contributed by atoms with Gasteiger partial charge < -0.3 is 9.84 Å². The van der Waals surface area contributed by atoms with Crippen molar-refractivity contribution in [1.82, 2.24) is 0 Å². The van der Waals surface area contributed by atoms with Crippen LogP contribution in [0.4, 0.5) is 8.78 Å². The zero-order valence-electron chi connectivity index (χ0n) is 11.1. The van der Waals surface area contributed by atoms with E-state index in [4.69, 9.17) is 9.84 Å². The molecule has 0 heterocycles. The fraction of sp³-hybridized carbons (Fsp3) is 0.188. The summed E-state index contributed by atoms with van der Waals surface area (Å²) in [4.78, 5) is 10.6. The molecule has 0 fully saturated rings. The van der Waals surface area contributed by atoms with Crippen molar-refractivity contribution >= 4 is 5.97 Å². The van der Waals surface area contributed by atoms with Crippen LogP contribution >= 0.6 is 0 Å². The Morgan fingerprint density at radius 3 is 2.48 bits per heavy atom. The quantitative estimate of drug-likeness (QED) is 0.886. The molecular weight excluding hydrogens is 278 g/mol. The molecule has 1 N–H and O–H groups in total. The molecule has 110 valence electrons. The molecule has 0 aromatic heterocycles. The Morgan fingerprint density at radius 1 is 1.10 bits per heavy atom. The van der Waals surface area contributed by atoms with Crippen molar-refractivity contribution in [2.24, 2.45) is 0 Å². The van der Waals surface area contributed by atoms with Crippen molar-refractivity contribution in [3.05, 3.63) is 65.7 Å². The Balaban J connectivity index is 2.04. The van der Waals surface area contributed by atoms with Crippen molar-refractivity contribution in [2.75, 3.05) is 6.61 Å². The largest absolute Gasteiger partial charge is 0.487 e. The molecule has 0 saturated heterocycles. The SMILES string of the molecule is O=C(O)Cc1cccc(OCC(F)(F)c2ccccc2)c1. The monoisotopic (exact) mass is 292 g/mol. The van der Waals surface area contributed by atoms with Gasteiger partial charge in [0.1, 0.15) is 5.75 Å². The molecule has 0 spiro atoms. The van der Waals surface area contributed by atoms with E-state index in [1.165, 1.54) is 36.4 Å². The van der Waals surface area contributed by atoms with E-state index in [1.54, 1.807) is 18.2 Å². The van der Waals surface area contributed by atoms with E-state index in [9.17, 15) is 13.6 Å². The second kappa shape index (κ2) is 6.35. The lowest BCUT2D eigenvalue weighted by molar-refractivity contribution is -0.136. The Bertz CT molecular complexity index is 612. The van der Waals surface area contributed by atoms with Crippen LogP contribution in [0.3, 0.4) is 0 Å². The molecule has 2 aromatic rings. The first kappa shape index (κ1) is 15.0. The van der Waals surface area contributed by atoms with Gasteiger partial charge in [-0.25, -0.2) is 0 Å². The second-order valence-corrected chi connectivity index (χ2v) is 4.58. The number of rotatable bonds is 6. The van der Waals surface area contributed by atoms with Gasteiger partial charge in [0.15, 0.2) is 6.61 Å². The summed E-state index contributed by atoms with van der Waals surface area (Å²) in [6.07, 6.45) is -0.174. The number of carboxylic acids is 1. The molecule has 0 atom stereocenters. The van der Waals surface area contributed by atoms with Gasteiger partial charge in [0.05, 0.1) is 6.42 Å². The lowest BCUT2D eigenvalue weighted by atomic mass is 10.1. The fourth-order valence-corrected chi connectivity index (χ4v) is 1.86. The molecule has 3 nitrogen and oxygen atoms in total. The second-order valence-electron chi connectivity index (χ2n) is 4.58. The predicted molar refractivity (Wildman–Crippen MR) is 73.6 cm³/mol. The van der Waals surface area contributed by atoms with Crippen LogP contribution in [0.1, 0.15) is 11.1 Å². The summed E-state index contributed by atoms with van der Waals surface area (Å²) in [5.41, 5.74) is 0.384. The average molecular weight is 292 g/mol. The molecular formula is C16H14F2O3. The van der Waals surface area contributed by atoms with Crippen LogP contribution in [0.5, 0.6) is 5.75 Å². The van der Waals surface area contributed by atoms with Crippen molar-refractivity contribution in [2.45, 2.75) is 12.3 Å². The molecule has 0 radical (unpaired) electrons. The van der Waals surface area contributed by atoms with Crippen LogP contribution < -0.4 is 4.74 Å². The van der Waals surface area contributed by atoms with Crippen molar-refractivity contribution < 1.29 is 23.4 Å². The van der Waals surface area contributed by atoms with E-state index >= 15 is 0 Å². The van der Waals surface area contributed by atoms with Crippen LogP contribution in [0.2, 0.25) is 0 Å². The summed E-state index contributed by atoms with van der Waals surface area (Å²) in [7, 11) is 0. The maximum atomic E-state index is 13.9. The zero-order chi connectivity index (χ0) is 15.3. The number of ether oxygens (including phenoxy) is 1. The third kappa shape index (κ3) is 4.27. The standard InChI is InChI=1S/C16H14F2O3/c17-16(18,13-6-2-1-3-7-13)11-21-14-8-4-5-12(9-14)10-15(19)20/h1-9H,10-11H2,(H,19,20). The van der Waals surface area contributed by atoms with Gasteiger partial charge in [-0.1, -0.05) is 42.5 Å². The fourth-order valence-electron chi connectivity index (χ4n) is 1.86. The first-order chi connectivity index (χ1) is 9.97. The summed E-state index contributed by atoms with van der Waals surface area (Å²) < 4.78 is 33.0. The lowest BCUT2D eigenvalue weighted by Crippen LogP contribution is -2.23. The third-order valence-electron chi connectivity index (χ3n) is 2.87. The van der Waals surface area contributed by atoms with E-state index < -0.39 is 18.5 Å². The normalized spacial score (nSPS) is 11.1. The average Bonchev–Trinajstić information content (AvgIpc) is 2.46. The van der Waals surface area contributed by atoms with Crippen molar-refractivity contribution in [1.29, 1.82) is 0 Å². The highest BCUT2D eigenvalue weighted by Crippen LogP contribution is 2.28. The summed E-state index contributed by atoms with van der Waals surface area (Å²) in [6.45, 7) is -0.798. The molecule has 0 aliphatic rings. The zero-order valence-corrected chi connectivity index (χ0v) is 11.1. The Labute approximate surface area is 120 Å². The number of halogens is 2. The summed E-state index contributed by atoms with van der Waals surface area (Å²) in [6, 6.07) is 13.6. The first-order valence-corrected chi connectivity index (χ1v) is 6.34. The minimum absolute atomic E-state index is 0.119. The number of carbonyl (C=O) groups is 1. The van der Waals surface area contributed by atoms with Gasteiger partial charge in [0, 0.05) is 5.56 Å². The molecule has 2 rings (SSSR count). The van der Waals surface area contributed by atoms with Gasteiger partial charge in [-0.3, -0.25) is 4.79 Å². The molecule has 0 amide bonds. The van der Waals surface area contributed by atoms with Crippen molar-refractivity contribution in [3.63, 3.8) is 0 Å². The molecule has 5 heteroatoms. The number of hydrogen-bond donors (Lipinski definition) is 1. The predicted octanol–water partition coefficient (Wildman–Crippen LogP) is 3.48. The van der Waals surface area contributed by atoms with Crippen LogP contribution in [0, 0.1) is 0 Å². The lowest BCUT2D eigenvalue weighted by Gasteiger charge is -2.17. The van der Waals surface area contributed by atoms with Gasteiger partial charge in [0.2, 0.25) is 0 Å². The van der Waals surface area contributed by atoms with Crippen LogP contribution in [0.25, 0.3) is 0 Å². The Morgan fingerprint density at radius 2 is 1.81 bits per heavy atom. The maximum Gasteiger partial charge on any atom is 0.307 e. The van der Waals surface area contributed by atoms with Crippen LogP contribution in [0.15, 0.2) is 54.6 Å². The molecule has 21 heavy (non-hydrogen) atoms. The molecule has 0 aliphatic heterocycles. The number of hydrogen-bond acceptors (Lipinski definition) is 2. The van der Waals surface area contributed by atoms with E-state index in [-0.39, 0.29) is 17.7 Å². The molecule has 0 saturated carbocycles. The van der Waals surface area contributed by atoms with E-state index in [1.807, 2.05) is 0 Å². The summed E-state index contributed by atoms with van der Waals surface area (Å²) >= 11 is 0. The van der Waals surface area contributed by atoms with E-state index in [2.05, 4.69) is 0 Å². The first-order valence-electron chi connectivity index (χ1n) is 6.34. The maximum absolute atomic E-state index is 13.9. The van der Waals surface area contributed by atoms with Gasteiger partial charge in [-0.15, -0.1) is 0 Å². The number of carboxylic acid groups (broad SMARTS) is 1.